The molecule has 25 atom stereocenters. The highest BCUT2D eigenvalue weighted by atomic mass is 16.8. The molecule has 0 aliphatic carbocycles. The van der Waals surface area contributed by atoms with Crippen LogP contribution in [0.5, 0.6) is 0 Å². The molecular formula is C32H55NO26. The fourth-order valence-corrected chi connectivity index (χ4v) is 7.43. The molecule has 59 heavy (non-hydrogen) atoms. The lowest BCUT2D eigenvalue weighted by Gasteiger charge is -2.50. The monoisotopic (exact) mass is 869 g/mol. The maximum Gasteiger partial charge on any atom is 0.217 e. The summed E-state index contributed by atoms with van der Waals surface area (Å²) in [5.41, 5.74) is 0. The standard InChI is InChI=1S/C32H55NO26/c1-7(39)33-13-26(58-30-21(47)17(43)14(40)8(2-34)53-30)15(41)9(3-35)52-29(13)59-27-16(42)10(4-36)54-32(23(27)49)57-25-12(6-38)55-31(22(48)19(25)45)56-24-11(5-37)51-28(50)20(46)18(24)44/h8-32,34-38,40-50H,2-6H2,1H3,(H,33,39)/t8?,9?,10?,11?,12?,13-,14-,15-,16-,17?,18?,19?,20-,21-,22-,23-,24+,25-,26?,27?,28+,29-,30-,31-,32+/m0/s1. The zero-order valence-electron chi connectivity index (χ0n) is 31.2. The summed E-state index contributed by atoms with van der Waals surface area (Å²) in [6, 6.07) is -1.67. The fraction of sp³-hybridized carbons (Fsp3) is 0.969. The molecule has 17 N–H and O–H groups in total. The summed E-state index contributed by atoms with van der Waals surface area (Å²) in [5.74, 6) is -0.805. The average molecular weight is 870 g/mol. The van der Waals surface area contributed by atoms with Gasteiger partial charge in [-0.3, -0.25) is 4.79 Å². The van der Waals surface area contributed by atoms with Crippen LogP contribution in [-0.4, -0.2) is 274 Å². The summed E-state index contributed by atoms with van der Waals surface area (Å²) in [6.07, 6.45) is -44.4. The molecule has 0 saturated carbocycles. The van der Waals surface area contributed by atoms with E-state index in [9.17, 15) is 86.5 Å². The zero-order chi connectivity index (χ0) is 43.6. The van der Waals surface area contributed by atoms with E-state index < -0.39 is 192 Å². The third-order valence-electron chi connectivity index (χ3n) is 10.7. The Bertz CT molecular complexity index is 1320. The van der Waals surface area contributed by atoms with Crippen molar-refractivity contribution in [3.05, 3.63) is 0 Å². The van der Waals surface area contributed by atoms with E-state index >= 15 is 0 Å². The van der Waals surface area contributed by atoms with Crippen molar-refractivity contribution in [1.82, 2.24) is 5.32 Å². The van der Waals surface area contributed by atoms with Gasteiger partial charge in [-0.05, 0) is 0 Å². The first kappa shape index (κ1) is 48.5. The molecule has 5 aliphatic heterocycles. The summed E-state index contributed by atoms with van der Waals surface area (Å²) in [4.78, 5) is 12.4. The Morgan fingerprint density at radius 3 is 1.29 bits per heavy atom. The van der Waals surface area contributed by atoms with Crippen LogP contribution in [0.1, 0.15) is 6.92 Å². The van der Waals surface area contributed by atoms with Crippen LogP contribution in [-0.2, 0) is 47.4 Å². The Balaban J connectivity index is 1.35. The van der Waals surface area contributed by atoms with Crippen LogP contribution in [0.4, 0.5) is 0 Å². The van der Waals surface area contributed by atoms with E-state index in [0.717, 1.165) is 6.92 Å². The van der Waals surface area contributed by atoms with Gasteiger partial charge >= 0.3 is 0 Å². The average Bonchev–Trinajstić information content (AvgIpc) is 3.21. The van der Waals surface area contributed by atoms with Crippen LogP contribution in [0.15, 0.2) is 0 Å². The van der Waals surface area contributed by atoms with Gasteiger partial charge in [0.2, 0.25) is 5.91 Å². The summed E-state index contributed by atoms with van der Waals surface area (Å²) in [6.45, 7) is -3.58. The van der Waals surface area contributed by atoms with Crippen LogP contribution in [0, 0.1) is 0 Å². The minimum atomic E-state index is -2.15. The highest BCUT2D eigenvalue weighted by Gasteiger charge is 2.57. The topological polar surface area (TPSA) is 436 Å². The van der Waals surface area contributed by atoms with Crippen molar-refractivity contribution < 1.29 is 129 Å². The number of hydrogen-bond donors (Lipinski definition) is 17. The van der Waals surface area contributed by atoms with Crippen molar-refractivity contribution in [3.8, 4) is 0 Å². The minimum Gasteiger partial charge on any atom is -0.394 e. The van der Waals surface area contributed by atoms with Crippen molar-refractivity contribution >= 4 is 5.91 Å². The summed E-state index contributed by atoms with van der Waals surface area (Å²) in [5, 5.41) is 169. The van der Waals surface area contributed by atoms with Gasteiger partial charge in [0.15, 0.2) is 31.5 Å². The van der Waals surface area contributed by atoms with E-state index in [4.69, 9.17) is 42.6 Å². The quantitative estimate of drug-likeness (QED) is 0.0770. The molecule has 27 nitrogen and oxygen atoms in total. The lowest BCUT2D eigenvalue weighted by molar-refractivity contribution is -0.388. The smallest absolute Gasteiger partial charge is 0.217 e. The predicted molar refractivity (Wildman–Crippen MR) is 178 cm³/mol. The van der Waals surface area contributed by atoms with E-state index in [0.29, 0.717) is 0 Å². The summed E-state index contributed by atoms with van der Waals surface area (Å²) in [7, 11) is 0. The molecule has 5 aliphatic rings. The zero-order valence-corrected chi connectivity index (χ0v) is 31.2. The van der Waals surface area contributed by atoms with Gasteiger partial charge in [0.25, 0.3) is 0 Å². The number of hydrogen-bond acceptors (Lipinski definition) is 26. The number of rotatable bonds is 14. The molecule has 0 radical (unpaired) electrons. The molecule has 10 unspecified atom stereocenters. The molecular weight excluding hydrogens is 814 g/mol. The third kappa shape index (κ3) is 10.2. The lowest BCUT2D eigenvalue weighted by atomic mass is 9.94. The summed E-state index contributed by atoms with van der Waals surface area (Å²) >= 11 is 0. The number of carbonyl (C=O) groups is 1. The predicted octanol–water partition coefficient (Wildman–Crippen LogP) is -11.8. The normalized spacial score (nSPS) is 51.0. The van der Waals surface area contributed by atoms with Crippen molar-refractivity contribution in [2.75, 3.05) is 33.0 Å². The highest BCUT2D eigenvalue weighted by molar-refractivity contribution is 5.73. The number of nitrogens with one attached hydrogen (secondary N) is 1. The first-order chi connectivity index (χ1) is 27.9. The van der Waals surface area contributed by atoms with Crippen LogP contribution in [0.3, 0.4) is 0 Å². The second kappa shape index (κ2) is 20.8. The molecule has 0 aromatic rings. The SMILES string of the molecule is CC(=O)N[C@H]1C(O[C@@H]2OC(CO)[C@H](O)C(O)[C@@H]2O)[C@@H](O)C(CO)O[C@H]1OC1[C@@H](O)C(CO)O[C@H](O[C@H]2C(CO)O[C@@H](O[C@@H]3C(CO)O[C@@H](O)[C@@H](O)C3O)[C@@H](O)C2O)[C@H]1O. The Morgan fingerprint density at radius 2 is 0.780 bits per heavy atom. The summed E-state index contributed by atoms with van der Waals surface area (Å²) < 4.78 is 50.1. The van der Waals surface area contributed by atoms with Gasteiger partial charge in [0.05, 0.1) is 33.0 Å². The molecule has 0 spiro atoms. The first-order valence-corrected chi connectivity index (χ1v) is 18.6. The van der Waals surface area contributed by atoms with Crippen molar-refractivity contribution in [2.24, 2.45) is 0 Å². The Hall–Kier alpha value is -1.53. The second-order valence-corrected chi connectivity index (χ2v) is 14.7. The van der Waals surface area contributed by atoms with Crippen LogP contribution < -0.4 is 5.32 Å². The number of ether oxygens (including phenoxy) is 9. The van der Waals surface area contributed by atoms with Gasteiger partial charge < -0.3 is 130 Å². The third-order valence-corrected chi connectivity index (χ3v) is 10.7. The van der Waals surface area contributed by atoms with Gasteiger partial charge in [-0.1, -0.05) is 0 Å². The number of aliphatic hydroxyl groups excluding tert-OH is 16. The van der Waals surface area contributed by atoms with E-state index in [1.165, 1.54) is 0 Å². The van der Waals surface area contributed by atoms with Gasteiger partial charge in [-0.15, -0.1) is 0 Å². The Labute approximate surface area is 333 Å². The van der Waals surface area contributed by atoms with Gasteiger partial charge in [0, 0.05) is 6.92 Å². The number of carbonyl (C=O) groups excluding carboxylic acids is 1. The van der Waals surface area contributed by atoms with Crippen LogP contribution in [0.25, 0.3) is 0 Å². The van der Waals surface area contributed by atoms with E-state index in [1.54, 1.807) is 0 Å². The van der Waals surface area contributed by atoms with Crippen molar-refractivity contribution in [3.63, 3.8) is 0 Å². The molecule has 0 bridgehead atoms. The lowest BCUT2D eigenvalue weighted by Crippen LogP contribution is -2.70. The fourth-order valence-electron chi connectivity index (χ4n) is 7.43. The molecule has 5 heterocycles. The van der Waals surface area contributed by atoms with Gasteiger partial charge in [0.1, 0.15) is 122 Å². The first-order valence-electron chi connectivity index (χ1n) is 18.6. The molecule has 344 valence electrons. The van der Waals surface area contributed by atoms with E-state index in [1.807, 2.05) is 0 Å². The van der Waals surface area contributed by atoms with Crippen LogP contribution in [0.2, 0.25) is 0 Å². The Kier molecular flexibility index (Phi) is 17.1. The maximum atomic E-state index is 12.4. The molecule has 5 rings (SSSR count). The minimum absolute atomic E-state index is 0.805. The molecule has 5 fully saturated rings. The number of amides is 1. The molecule has 1 amide bonds. The molecule has 27 heteroatoms. The largest absolute Gasteiger partial charge is 0.394 e. The highest BCUT2D eigenvalue weighted by Crippen LogP contribution is 2.35. The van der Waals surface area contributed by atoms with Crippen molar-refractivity contribution in [2.45, 2.75) is 160 Å². The molecule has 5 saturated heterocycles. The van der Waals surface area contributed by atoms with E-state index in [2.05, 4.69) is 5.32 Å². The van der Waals surface area contributed by atoms with Gasteiger partial charge in [-0.25, -0.2) is 0 Å². The van der Waals surface area contributed by atoms with Crippen molar-refractivity contribution in [1.29, 1.82) is 0 Å². The second-order valence-electron chi connectivity index (χ2n) is 14.7. The van der Waals surface area contributed by atoms with Gasteiger partial charge in [-0.2, -0.15) is 0 Å². The van der Waals surface area contributed by atoms with Crippen LogP contribution >= 0.6 is 0 Å². The Morgan fingerprint density at radius 1 is 0.407 bits per heavy atom. The number of aliphatic hydroxyl groups is 16. The molecule has 0 aromatic heterocycles. The maximum absolute atomic E-state index is 12.4. The molecule has 0 aromatic carbocycles. The van der Waals surface area contributed by atoms with E-state index in [-0.39, 0.29) is 0 Å².